The third kappa shape index (κ3) is 7.03. The second-order valence-corrected chi connectivity index (χ2v) is 12.0. The minimum Gasteiger partial charge on any atom is -0.497 e. The summed E-state index contributed by atoms with van der Waals surface area (Å²) in [4.78, 5) is 31.3. The van der Waals surface area contributed by atoms with Crippen molar-refractivity contribution in [3.8, 4) is 5.75 Å². The van der Waals surface area contributed by atoms with Gasteiger partial charge in [-0.3, -0.25) is 14.6 Å². The highest BCUT2D eigenvalue weighted by Gasteiger charge is 2.18. The topological polar surface area (TPSA) is 85.2 Å². The van der Waals surface area contributed by atoms with Crippen LogP contribution in [0.2, 0.25) is 0 Å². The van der Waals surface area contributed by atoms with Gasteiger partial charge in [0, 0.05) is 48.0 Å². The number of para-hydroxylation sites is 2. The Morgan fingerprint density at radius 3 is 2.38 bits per heavy atom. The van der Waals surface area contributed by atoms with Crippen LogP contribution in [0.4, 0.5) is 5.69 Å². The molecule has 1 amide bonds. The number of pyridine rings is 2. The number of rotatable bonds is 13. The average molecular weight is 603 g/mol. The number of fused-ring (bicyclic) bond motifs is 3. The molecule has 3 aromatic carbocycles. The van der Waals surface area contributed by atoms with Gasteiger partial charge in [0.2, 0.25) is 5.43 Å². The van der Waals surface area contributed by atoms with Crippen LogP contribution in [0.5, 0.6) is 5.75 Å². The Morgan fingerprint density at radius 1 is 0.844 bits per heavy atom. The van der Waals surface area contributed by atoms with E-state index in [0.29, 0.717) is 18.5 Å². The molecule has 1 aliphatic carbocycles. The van der Waals surface area contributed by atoms with Crippen LogP contribution in [0, 0.1) is 0 Å². The molecule has 2 N–H and O–H groups in total. The summed E-state index contributed by atoms with van der Waals surface area (Å²) in [5.41, 5.74) is 6.86. The van der Waals surface area contributed by atoms with Gasteiger partial charge in [-0.05, 0) is 80.0 Å². The molecule has 0 aliphatic heterocycles. The molecule has 232 valence electrons. The van der Waals surface area contributed by atoms with Gasteiger partial charge in [0.05, 0.1) is 18.1 Å². The zero-order valence-electron chi connectivity index (χ0n) is 26.1. The number of benzene rings is 3. The number of carbonyl (C=O) groups excluding carboxylic acids is 1. The quantitative estimate of drug-likeness (QED) is 0.138. The lowest BCUT2D eigenvalue weighted by atomic mass is 9.92. The highest BCUT2D eigenvalue weighted by Crippen LogP contribution is 2.33. The van der Waals surface area contributed by atoms with Crippen molar-refractivity contribution in [2.75, 3.05) is 25.5 Å². The molecule has 0 radical (unpaired) electrons. The highest BCUT2D eigenvalue weighted by atomic mass is 16.5. The minimum absolute atomic E-state index is 0.180. The second-order valence-electron chi connectivity index (χ2n) is 12.0. The molecule has 45 heavy (non-hydrogen) atoms. The van der Waals surface area contributed by atoms with Gasteiger partial charge in [-0.1, -0.05) is 61.7 Å². The van der Waals surface area contributed by atoms with Crippen LogP contribution in [0.15, 0.2) is 83.8 Å². The third-order valence-electron chi connectivity index (χ3n) is 8.85. The van der Waals surface area contributed by atoms with Gasteiger partial charge in [0.1, 0.15) is 11.3 Å². The molecule has 7 heteroatoms. The van der Waals surface area contributed by atoms with Crippen LogP contribution in [0.1, 0.15) is 72.1 Å². The van der Waals surface area contributed by atoms with Crippen LogP contribution in [0.25, 0.3) is 21.8 Å². The van der Waals surface area contributed by atoms with Crippen LogP contribution < -0.4 is 20.8 Å². The summed E-state index contributed by atoms with van der Waals surface area (Å²) in [6, 6.07) is 23.8. The molecule has 0 fully saturated rings. The molecule has 0 bridgehead atoms. The van der Waals surface area contributed by atoms with Crippen molar-refractivity contribution in [1.29, 1.82) is 0 Å². The molecule has 1 aliphatic rings. The number of methoxy groups -OCH3 is 1. The largest absolute Gasteiger partial charge is 0.497 e. The predicted octanol–water partition coefficient (Wildman–Crippen LogP) is 7.28. The van der Waals surface area contributed by atoms with E-state index in [2.05, 4.69) is 34.9 Å². The van der Waals surface area contributed by atoms with Crippen molar-refractivity contribution in [2.24, 2.45) is 0 Å². The number of hydrogen-bond donors (Lipinski definition) is 2. The fourth-order valence-electron chi connectivity index (χ4n) is 6.43. The van der Waals surface area contributed by atoms with E-state index in [1.54, 1.807) is 19.4 Å². The van der Waals surface area contributed by atoms with Gasteiger partial charge in [0.25, 0.3) is 5.91 Å². The summed E-state index contributed by atoms with van der Waals surface area (Å²) >= 11 is 0. The SMILES string of the molecule is COc1ccc(Cn2cc(C(=O)NCCCCCCCNc3c4c(nc5ccccc35)CCCC4)c(=O)c3ccccc32)cc1. The fourth-order valence-corrected chi connectivity index (χ4v) is 6.43. The Morgan fingerprint density at radius 2 is 1.56 bits per heavy atom. The minimum atomic E-state index is -0.314. The van der Waals surface area contributed by atoms with Crippen molar-refractivity contribution >= 4 is 33.4 Å². The normalized spacial score (nSPS) is 12.6. The molecule has 0 saturated carbocycles. The zero-order valence-corrected chi connectivity index (χ0v) is 26.1. The number of nitrogens with zero attached hydrogens (tertiary/aromatic N) is 2. The zero-order chi connectivity index (χ0) is 31.0. The lowest BCUT2D eigenvalue weighted by molar-refractivity contribution is 0.0951. The van der Waals surface area contributed by atoms with Gasteiger partial charge >= 0.3 is 0 Å². The number of aromatic nitrogens is 2. The summed E-state index contributed by atoms with van der Waals surface area (Å²) in [6.45, 7) is 2.04. The van der Waals surface area contributed by atoms with E-state index in [9.17, 15) is 9.59 Å². The maximum Gasteiger partial charge on any atom is 0.256 e. The average Bonchev–Trinajstić information content (AvgIpc) is 3.08. The first kappa shape index (κ1) is 30.4. The maximum absolute atomic E-state index is 13.2. The van der Waals surface area contributed by atoms with Crippen LogP contribution >= 0.6 is 0 Å². The van der Waals surface area contributed by atoms with E-state index in [0.717, 1.165) is 73.8 Å². The molecule has 0 unspecified atom stereocenters. The molecule has 0 saturated heterocycles. The molecule has 5 aromatic rings. The number of unbranched alkanes of at least 4 members (excludes halogenated alkanes) is 4. The van der Waals surface area contributed by atoms with Gasteiger partial charge < -0.3 is 19.9 Å². The number of aryl methyl sites for hydroxylation is 1. The lowest BCUT2D eigenvalue weighted by Gasteiger charge is -2.21. The first-order valence-corrected chi connectivity index (χ1v) is 16.3. The van der Waals surface area contributed by atoms with Crippen LogP contribution in [0.3, 0.4) is 0 Å². The highest BCUT2D eigenvalue weighted by molar-refractivity contribution is 5.97. The Labute approximate surface area is 264 Å². The van der Waals surface area contributed by atoms with E-state index in [1.165, 1.54) is 35.2 Å². The molecule has 2 aromatic heterocycles. The summed E-state index contributed by atoms with van der Waals surface area (Å²) < 4.78 is 7.25. The van der Waals surface area contributed by atoms with E-state index in [-0.39, 0.29) is 16.9 Å². The first-order valence-electron chi connectivity index (χ1n) is 16.3. The van der Waals surface area contributed by atoms with E-state index in [1.807, 2.05) is 47.0 Å². The first-order chi connectivity index (χ1) is 22.1. The Kier molecular flexibility index (Phi) is 9.74. The molecule has 2 heterocycles. The van der Waals surface area contributed by atoms with Crippen LogP contribution in [-0.2, 0) is 19.4 Å². The smallest absolute Gasteiger partial charge is 0.256 e. The number of ether oxygens (including phenoxy) is 1. The van der Waals surface area contributed by atoms with E-state index < -0.39 is 0 Å². The lowest BCUT2D eigenvalue weighted by Crippen LogP contribution is -2.30. The molecule has 7 nitrogen and oxygen atoms in total. The van der Waals surface area contributed by atoms with Gasteiger partial charge in [-0.15, -0.1) is 0 Å². The number of anilines is 1. The second kappa shape index (κ2) is 14.4. The molecule has 6 rings (SSSR count). The molecule has 0 atom stereocenters. The molecular formula is C38H42N4O3. The number of hydrogen-bond acceptors (Lipinski definition) is 5. The van der Waals surface area contributed by atoms with E-state index in [4.69, 9.17) is 9.72 Å². The van der Waals surface area contributed by atoms with Gasteiger partial charge in [-0.25, -0.2) is 0 Å². The predicted molar refractivity (Wildman–Crippen MR) is 183 cm³/mol. The summed E-state index contributed by atoms with van der Waals surface area (Å²) in [5, 5.41) is 8.53. The van der Waals surface area contributed by atoms with Crippen molar-refractivity contribution in [2.45, 2.75) is 64.3 Å². The Bertz CT molecular complexity index is 1850. The van der Waals surface area contributed by atoms with Gasteiger partial charge in [0.15, 0.2) is 0 Å². The number of nitrogens with one attached hydrogen (secondary N) is 2. The van der Waals surface area contributed by atoms with Crippen molar-refractivity contribution in [1.82, 2.24) is 14.9 Å². The van der Waals surface area contributed by atoms with Crippen molar-refractivity contribution in [3.05, 3.63) is 112 Å². The summed E-state index contributed by atoms with van der Waals surface area (Å²) in [7, 11) is 1.64. The van der Waals surface area contributed by atoms with Crippen molar-refractivity contribution < 1.29 is 9.53 Å². The Hall–Kier alpha value is -4.65. The third-order valence-corrected chi connectivity index (χ3v) is 8.85. The standard InChI is InChI=1S/C38H42N4O3/c1-45-28-21-19-27(20-22-28)25-42-26-32(37(43)31-15-7-10-18-35(31)42)38(44)40-24-12-4-2-3-11-23-39-36-29-13-5-8-16-33(29)41-34-17-9-6-14-30(34)36/h5,7-8,10,13,15-16,18-22,26H,2-4,6,9,11-12,14,17,23-25H2,1H3,(H,39,41)(H,40,44). The van der Waals surface area contributed by atoms with Gasteiger partial charge in [-0.2, -0.15) is 0 Å². The monoisotopic (exact) mass is 602 g/mol. The Balaban J connectivity index is 0.984. The molecule has 0 spiro atoms. The van der Waals surface area contributed by atoms with E-state index >= 15 is 0 Å². The maximum atomic E-state index is 13.2. The number of carbonyl (C=O) groups is 1. The molecular weight excluding hydrogens is 560 g/mol. The fraction of sp³-hybridized carbons (Fsp3) is 0.342. The summed E-state index contributed by atoms with van der Waals surface area (Å²) in [5.74, 6) is 0.475. The summed E-state index contributed by atoms with van der Waals surface area (Å²) in [6.07, 6.45) is 11.6. The van der Waals surface area contributed by atoms with Crippen molar-refractivity contribution in [3.63, 3.8) is 0 Å². The number of amides is 1. The van der Waals surface area contributed by atoms with Crippen LogP contribution in [-0.4, -0.2) is 35.7 Å².